The van der Waals surface area contributed by atoms with E-state index in [1.165, 1.54) is 23.9 Å². The molecule has 0 heterocycles. The van der Waals surface area contributed by atoms with Crippen LogP contribution in [-0.2, 0) is 0 Å². The first kappa shape index (κ1) is 12.8. The zero-order chi connectivity index (χ0) is 13.1. The Morgan fingerprint density at radius 1 is 1.06 bits per heavy atom. The third-order valence-electron chi connectivity index (χ3n) is 2.25. The van der Waals surface area contributed by atoms with Gasteiger partial charge in [-0.05, 0) is 42.5 Å². The molecule has 0 aliphatic rings. The summed E-state index contributed by atoms with van der Waals surface area (Å²) >= 11 is 7.20. The van der Waals surface area contributed by atoms with Crippen LogP contribution in [0, 0.1) is 0 Å². The molecule has 2 aromatic carbocycles. The van der Waals surface area contributed by atoms with E-state index in [-0.39, 0.29) is 11.3 Å². The molecule has 0 spiro atoms. The first-order valence-corrected chi connectivity index (χ1v) is 6.25. The zero-order valence-electron chi connectivity index (χ0n) is 9.13. The summed E-state index contributed by atoms with van der Waals surface area (Å²) in [5, 5.41) is 19.0. The van der Waals surface area contributed by atoms with Crippen LogP contribution in [0.1, 0.15) is 10.4 Å². The standard InChI is InChI=1S/C13H9ClO3S/c14-8-1-3-9(4-2-8)18-10-5-6-11(13(16)17)12(15)7-10/h1-7,15H,(H,16,17). The van der Waals surface area contributed by atoms with Crippen molar-refractivity contribution in [2.45, 2.75) is 9.79 Å². The van der Waals surface area contributed by atoms with Crippen LogP contribution in [0.3, 0.4) is 0 Å². The van der Waals surface area contributed by atoms with Gasteiger partial charge in [0.05, 0.1) is 0 Å². The Morgan fingerprint density at radius 2 is 1.67 bits per heavy atom. The van der Waals surface area contributed by atoms with Crippen molar-refractivity contribution in [2.75, 3.05) is 0 Å². The summed E-state index contributed by atoms with van der Waals surface area (Å²) in [5.41, 5.74) is -0.101. The van der Waals surface area contributed by atoms with E-state index in [9.17, 15) is 9.90 Å². The molecule has 0 saturated heterocycles. The Bertz CT molecular complexity index is 581. The highest BCUT2D eigenvalue weighted by atomic mass is 35.5. The van der Waals surface area contributed by atoms with Gasteiger partial charge in [-0.1, -0.05) is 23.4 Å². The molecule has 0 amide bonds. The second kappa shape index (κ2) is 5.33. The van der Waals surface area contributed by atoms with E-state index in [0.717, 1.165) is 9.79 Å². The number of aromatic hydroxyl groups is 1. The summed E-state index contributed by atoms with van der Waals surface area (Å²) < 4.78 is 0. The zero-order valence-corrected chi connectivity index (χ0v) is 10.7. The van der Waals surface area contributed by atoms with Crippen molar-refractivity contribution in [3.63, 3.8) is 0 Å². The van der Waals surface area contributed by atoms with Gasteiger partial charge < -0.3 is 10.2 Å². The van der Waals surface area contributed by atoms with Gasteiger partial charge in [-0.2, -0.15) is 0 Å². The minimum absolute atomic E-state index is 0.101. The highest BCUT2D eigenvalue weighted by Gasteiger charge is 2.10. The molecule has 2 aromatic rings. The molecule has 2 rings (SSSR count). The monoisotopic (exact) mass is 280 g/mol. The van der Waals surface area contributed by atoms with Crippen LogP contribution in [0.25, 0.3) is 0 Å². The van der Waals surface area contributed by atoms with Gasteiger partial charge in [-0.15, -0.1) is 0 Å². The molecule has 0 aliphatic heterocycles. The van der Waals surface area contributed by atoms with Gasteiger partial charge >= 0.3 is 5.97 Å². The fraction of sp³-hybridized carbons (Fsp3) is 0. The summed E-state index contributed by atoms with van der Waals surface area (Å²) in [6.45, 7) is 0. The fourth-order valence-corrected chi connectivity index (χ4v) is 2.37. The van der Waals surface area contributed by atoms with E-state index in [2.05, 4.69) is 0 Å². The lowest BCUT2D eigenvalue weighted by molar-refractivity contribution is 0.0693. The number of hydrogen-bond donors (Lipinski definition) is 2. The first-order valence-electron chi connectivity index (χ1n) is 5.06. The fourth-order valence-electron chi connectivity index (χ4n) is 1.39. The van der Waals surface area contributed by atoms with Crippen molar-refractivity contribution in [3.05, 3.63) is 53.1 Å². The summed E-state index contributed by atoms with van der Waals surface area (Å²) in [6, 6.07) is 11.7. The maximum Gasteiger partial charge on any atom is 0.339 e. The van der Waals surface area contributed by atoms with Crippen molar-refractivity contribution in [2.24, 2.45) is 0 Å². The average Bonchev–Trinajstić information content (AvgIpc) is 2.32. The molecular formula is C13H9ClO3S. The van der Waals surface area contributed by atoms with Crippen LogP contribution in [0.4, 0.5) is 0 Å². The normalized spacial score (nSPS) is 10.3. The topological polar surface area (TPSA) is 57.5 Å². The molecule has 0 saturated carbocycles. The van der Waals surface area contributed by atoms with E-state index >= 15 is 0 Å². The maximum atomic E-state index is 10.7. The van der Waals surface area contributed by atoms with Crippen molar-refractivity contribution < 1.29 is 15.0 Å². The smallest absolute Gasteiger partial charge is 0.339 e. The highest BCUT2D eigenvalue weighted by Crippen LogP contribution is 2.31. The number of aromatic carboxylic acids is 1. The van der Waals surface area contributed by atoms with Crippen LogP contribution in [-0.4, -0.2) is 16.2 Å². The van der Waals surface area contributed by atoms with E-state index < -0.39 is 5.97 Å². The van der Waals surface area contributed by atoms with Gasteiger partial charge in [0.25, 0.3) is 0 Å². The molecule has 0 aromatic heterocycles. The third kappa shape index (κ3) is 2.97. The van der Waals surface area contributed by atoms with Crippen LogP contribution < -0.4 is 0 Å². The number of carboxylic acid groups (broad SMARTS) is 1. The Balaban J connectivity index is 2.22. The maximum absolute atomic E-state index is 10.7. The summed E-state index contributed by atoms with van der Waals surface area (Å²) in [5.74, 6) is -1.38. The van der Waals surface area contributed by atoms with Gasteiger partial charge in [0.1, 0.15) is 11.3 Å². The number of rotatable bonds is 3. The van der Waals surface area contributed by atoms with E-state index in [1.807, 2.05) is 12.1 Å². The lowest BCUT2D eigenvalue weighted by Crippen LogP contribution is -1.96. The molecule has 0 atom stereocenters. The van der Waals surface area contributed by atoms with E-state index in [4.69, 9.17) is 16.7 Å². The summed E-state index contributed by atoms with van der Waals surface area (Å²) in [4.78, 5) is 12.5. The number of carbonyl (C=O) groups is 1. The Hall–Kier alpha value is -1.65. The number of halogens is 1. The SMILES string of the molecule is O=C(O)c1ccc(Sc2ccc(Cl)cc2)cc1O. The molecule has 3 nitrogen and oxygen atoms in total. The Labute approximate surface area is 113 Å². The van der Waals surface area contributed by atoms with Gasteiger partial charge in [0, 0.05) is 14.8 Å². The second-order valence-electron chi connectivity index (χ2n) is 3.54. The van der Waals surface area contributed by atoms with E-state index in [1.54, 1.807) is 18.2 Å². The van der Waals surface area contributed by atoms with Crippen LogP contribution in [0.15, 0.2) is 52.3 Å². The molecular weight excluding hydrogens is 272 g/mol. The highest BCUT2D eigenvalue weighted by molar-refractivity contribution is 7.99. The summed E-state index contributed by atoms with van der Waals surface area (Å²) in [7, 11) is 0. The summed E-state index contributed by atoms with van der Waals surface area (Å²) in [6.07, 6.45) is 0. The lowest BCUT2D eigenvalue weighted by Gasteiger charge is -2.04. The number of hydrogen-bond acceptors (Lipinski definition) is 3. The quantitative estimate of drug-likeness (QED) is 0.895. The predicted octanol–water partition coefficient (Wildman–Crippen LogP) is 3.90. The average molecular weight is 281 g/mol. The molecule has 0 aliphatic carbocycles. The Kier molecular flexibility index (Phi) is 3.79. The van der Waals surface area contributed by atoms with Crippen molar-refractivity contribution in [1.29, 1.82) is 0 Å². The van der Waals surface area contributed by atoms with Gasteiger partial charge in [-0.25, -0.2) is 4.79 Å². The van der Waals surface area contributed by atoms with Gasteiger partial charge in [0.2, 0.25) is 0 Å². The molecule has 0 radical (unpaired) electrons. The largest absolute Gasteiger partial charge is 0.507 e. The molecule has 0 bridgehead atoms. The minimum atomic E-state index is -1.14. The minimum Gasteiger partial charge on any atom is -0.507 e. The lowest BCUT2D eigenvalue weighted by atomic mass is 10.2. The van der Waals surface area contributed by atoms with Crippen molar-refractivity contribution in [1.82, 2.24) is 0 Å². The van der Waals surface area contributed by atoms with Crippen LogP contribution >= 0.6 is 23.4 Å². The molecule has 18 heavy (non-hydrogen) atoms. The molecule has 0 fully saturated rings. The molecule has 0 unspecified atom stereocenters. The number of benzene rings is 2. The van der Waals surface area contributed by atoms with Crippen LogP contribution in [0.5, 0.6) is 5.75 Å². The third-order valence-corrected chi connectivity index (χ3v) is 3.50. The molecule has 92 valence electrons. The van der Waals surface area contributed by atoms with Gasteiger partial charge in [0.15, 0.2) is 0 Å². The molecule has 2 N–H and O–H groups in total. The van der Waals surface area contributed by atoms with Crippen molar-refractivity contribution in [3.8, 4) is 5.75 Å². The Morgan fingerprint density at radius 3 is 2.22 bits per heavy atom. The number of carboxylic acids is 1. The number of phenols is 1. The van der Waals surface area contributed by atoms with Gasteiger partial charge in [-0.3, -0.25) is 0 Å². The van der Waals surface area contributed by atoms with Crippen LogP contribution in [0.2, 0.25) is 5.02 Å². The van der Waals surface area contributed by atoms with E-state index in [0.29, 0.717) is 5.02 Å². The molecule has 5 heteroatoms. The second-order valence-corrected chi connectivity index (χ2v) is 5.12. The van der Waals surface area contributed by atoms with Crippen molar-refractivity contribution >= 4 is 29.3 Å². The predicted molar refractivity (Wildman–Crippen MR) is 70.6 cm³/mol. The first-order chi connectivity index (χ1) is 8.56.